The molecule has 62 heavy (non-hydrogen) atoms. The Kier molecular flexibility index (Phi) is 8.42. The zero-order valence-electron chi connectivity index (χ0n) is 33.6. The second kappa shape index (κ2) is 14.7. The van der Waals surface area contributed by atoms with Crippen LogP contribution in [0, 0.1) is 0 Å². The Morgan fingerprint density at radius 1 is 0.371 bits per heavy atom. The van der Waals surface area contributed by atoms with Crippen LogP contribution in [0.15, 0.2) is 218 Å². The van der Waals surface area contributed by atoms with Crippen molar-refractivity contribution in [2.75, 3.05) is 5.32 Å². The van der Waals surface area contributed by atoms with E-state index < -0.39 is 0 Å². The molecule has 2 bridgehead atoms. The predicted molar refractivity (Wildman–Crippen MR) is 255 cm³/mol. The molecule has 0 saturated heterocycles. The third-order valence-corrected chi connectivity index (χ3v) is 11.9. The molecule has 0 aliphatic carbocycles. The fraction of sp³-hybridized carbons (Fsp3) is 0. The van der Waals surface area contributed by atoms with E-state index in [2.05, 4.69) is 222 Å². The topological polar surface area (TPSA) is 55.1 Å². The van der Waals surface area contributed by atoms with Gasteiger partial charge in [-0.3, -0.25) is 0 Å². The lowest BCUT2D eigenvalue weighted by atomic mass is 9.91. The van der Waals surface area contributed by atoms with E-state index in [9.17, 15) is 0 Å². The summed E-state index contributed by atoms with van der Waals surface area (Å²) in [6.45, 7) is 0. The number of hydrogen-bond acceptors (Lipinski definition) is 4. The molecule has 8 aromatic carbocycles. The Labute approximate surface area is 359 Å². The molecular formula is C57H37N5. The normalized spacial score (nSPS) is 11.7. The fourth-order valence-corrected chi connectivity index (χ4v) is 8.96. The maximum atomic E-state index is 5.45. The molecule has 0 radical (unpaired) electrons. The first-order valence-corrected chi connectivity index (χ1v) is 20.9. The van der Waals surface area contributed by atoms with Crippen LogP contribution in [0.1, 0.15) is 0 Å². The predicted octanol–water partition coefficient (Wildman–Crippen LogP) is 14.7. The van der Waals surface area contributed by atoms with E-state index in [-0.39, 0.29) is 0 Å². The van der Waals surface area contributed by atoms with Crippen molar-refractivity contribution < 1.29 is 0 Å². The highest BCUT2D eigenvalue weighted by atomic mass is 15.2. The first-order chi connectivity index (χ1) is 30.7. The van der Waals surface area contributed by atoms with Gasteiger partial charge in [-0.25, -0.2) is 14.5 Å². The zero-order valence-corrected chi connectivity index (χ0v) is 33.6. The van der Waals surface area contributed by atoms with Crippen molar-refractivity contribution in [3.8, 4) is 89.8 Å². The number of hydrogen-bond donors (Lipinski definition) is 1. The van der Waals surface area contributed by atoms with Crippen LogP contribution in [-0.2, 0) is 0 Å². The third-order valence-electron chi connectivity index (χ3n) is 11.9. The molecule has 0 amide bonds. The van der Waals surface area contributed by atoms with Crippen molar-refractivity contribution >= 4 is 27.7 Å². The Morgan fingerprint density at radius 3 is 1.55 bits per heavy atom. The molecule has 11 aromatic rings. The van der Waals surface area contributed by atoms with Gasteiger partial charge in [0.25, 0.3) is 0 Å². The van der Waals surface area contributed by atoms with Crippen molar-refractivity contribution in [2.45, 2.75) is 0 Å². The van der Waals surface area contributed by atoms with Crippen LogP contribution in [0.4, 0.5) is 11.4 Å². The monoisotopic (exact) mass is 791 g/mol. The minimum atomic E-state index is 0.657. The van der Waals surface area contributed by atoms with E-state index in [1.165, 1.54) is 5.39 Å². The molecule has 290 valence electrons. The molecule has 12 rings (SSSR count). The summed E-state index contributed by atoms with van der Waals surface area (Å²) >= 11 is 0. The number of nitrogens with one attached hydrogen (secondary N) is 1. The first kappa shape index (κ1) is 35.5. The number of rotatable bonds is 6. The smallest absolute Gasteiger partial charge is 0.160 e. The summed E-state index contributed by atoms with van der Waals surface area (Å²) in [6, 6.07) is 76.9. The highest BCUT2D eigenvalue weighted by Crippen LogP contribution is 2.44. The molecule has 5 heteroatoms. The minimum Gasteiger partial charge on any atom is -0.355 e. The van der Waals surface area contributed by atoms with Crippen molar-refractivity contribution in [1.82, 2.24) is 19.6 Å². The molecule has 1 aliphatic rings. The second-order valence-electron chi connectivity index (χ2n) is 15.8. The van der Waals surface area contributed by atoms with E-state index in [0.29, 0.717) is 5.82 Å². The molecule has 0 saturated carbocycles. The first-order valence-electron chi connectivity index (χ1n) is 20.9. The summed E-state index contributed by atoms with van der Waals surface area (Å²) in [5.41, 5.74) is 18.8. The van der Waals surface area contributed by atoms with Crippen LogP contribution >= 0.6 is 0 Å². The van der Waals surface area contributed by atoms with E-state index in [4.69, 9.17) is 15.1 Å². The lowest BCUT2D eigenvalue weighted by Crippen LogP contribution is -2.00. The molecule has 1 N–H and O–H groups in total. The summed E-state index contributed by atoms with van der Waals surface area (Å²) < 4.78 is 2.14. The van der Waals surface area contributed by atoms with Crippen LogP contribution < -0.4 is 5.32 Å². The van der Waals surface area contributed by atoms with E-state index in [1.54, 1.807) is 0 Å². The molecule has 1 aliphatic heterocycles. The number of pyridine rings is 1. The molecule has 0 unspecified atom stereocenters. The number of anilines is 2. The van der Waals surface area contributed by atoms with Crippen molar-refractivity contribution in [1.29, 1.82) is 0 Å². The summed E-state index contributed by atoms with van der Waals surface area (Å²) in [5.74, 6) is 0.657. The Balaban J connectivity index is 1.03. The molecular weight excluding hydrogens is 755 g/mol. The Hall–Kier alpha value is -8.41. The van der Waals surface area contributed by atoms with Crippen molar-refractivity contribution in [3.05, 3.63) is 218 Å². The Bertz CT molecular complexity index is 3400. The van der Waals surface area contributed by atoms with Gasteiger partial charge in [-0.2, -0.15) is 5.10 Å². The largest absolute Gasteiger partial charge is 0.355 e. The van der Waals surface area contributed by atoms with Crippen LogP contribution in [0.2, 0.25) is 0 Å². The third kappa shape index (κ3) is 6.14. The van der Waals surface area contributed by atoms with Gasteiger partial charge in [0.05, 0.1) is 22.6 Å². The van der Waals surface area contributed by atoms with Gasteiger partial charge in [0.2, 0.25) is 0 Å². The number of nitrogens with zero attached hydrogens (tertiary/aromatic N) is 4. The molecule has 0 spiro atoms. The molecule has 0 atom stereocenters. The van der Waals surface area contributed by atoms with Crippen LogP contribution in [0.3, 0.4) is 0 Å². The summed E-state index contributed by atoms with van der Waals surface area (Å²) in [5, 5.41) is 11.5. The maximum absolute atomic E-state index is 5.45. The molecule has 5 nitrogen and oxygen atoms in total. The second-order valence-corrected chi connectivity index (χ2v) is 15.8. The van der Waals surface area contributed by atoms with E-state index in [0.717, 1.165) is 106 Å². The van der Waals surface area contributed by atoms with Crippen LogP contribution in [0.5, 0.6) is 0 Å². The zero-order chi connectivity index (χ0) is 41.0. The van der Waals surface area contributed by atoms with Gasteiger partial charge in [-0.1, -0.05) is 176 Å². The lowest BCUT2D eigenvalue weighted by Gasteiger charge is -2.21. The maximum Gasteiger partial charge on any atom is 0.160 e. The fourth-order valence-electron chi connectivity index (χ4n) is 8.96. The SMILES string of the molecule is c1ccc(-c2cc(-c3cc4cc(c3)-c3ccccc3Nc3ccccc3-4)nc(-c3ccc(-c4nn5c(-c6ccccc6)cc6ccccc6c5c4-c4ccccc4)cc3)n2)cc1. The van der Waals surface area contributed by atoms with Gasteiger partial charge in [0.15, 0.2) is 5.82 Å². The van der Waals surface area contributed by atoms with Gasteiger partial charge in [-0.15, -0.1) is 0 Å². The van der Waals surface area contributed by atoms with Crippen LogP contribution in [0.25, 0.3) is 106 Å². The van der Waals surface area contributed by atoms with Crippen molar-refractivity contribution in [2.24, 2.45) is 0 Å². The Morgan fingerprint density at radius 2 is 0.887 bits per heavy atom. The van der Waals surface area contributed by atoms with Gasteiger partial charge in [-0.05, 0) is 64.5 Å². The van der Waals surface area contributed by atoms with Crippen molar-refractivity contribution in [3.63, 3.8) is 0 Å². The summed E-state index contributed by atoms with van der Waals surface area (Å²) in [7, 11) is 0. The average molecular weight is 792 g/mol. The van der Waals surface area contributed by atoms with Gasteiger partial charge < -0.3 is 5.32 Å². The average Bonchev–Trinajstić information content (AvgIpc) is 3.76. The lowest BCUT2D eigenvalue weighted by molar-refractivity contribution is 0.979. The summed E-state index contributed by atoms with van der Waals surface area (Å²) in [6.07, 6.45) is 0. The molecule has 0 fully saturated rings. The standard InChI is InChI=1S/C57H37N5/c1-4-16-37(17-5-1)51-36-52(45-33-43-32-44(34-45)47-24-13-15-27-50(47)58-49-26-14-12-23-46(43)49)60-57(59-51)41-30-28-40(29-31-41)55-54(39-20-8-3-9-21-39)56-48-25-11-10-22-42(48)35-53(62(56)61-55)38-18-6-2-7-19-38/h1-36,58H. The number of aromatic nitrogens is 4. The number of benzene rings is 8. The van der Waals surface area contributed by atoms with E-state index in [1.807, 2.05) is 6.07 Å². The quantitative estimate of drug-likeness (QED) is 0.182. The number of para-hydroxylation sites is 2. The van der Waals surface area contributed by atoms with Gasteiger partial charge in [0.1, 0.15) is 5.69 Å². The minimum absolute atomic E-state index is 0.657. The van der Waals surface area contributed by atoms with Crippen LogP contribution in [-0.4, -0.2) is 19.6 Å². The van der Waals surface area contributed by atoms with Gasteiger partial charge >= 0.3 is 0 Å². The van der Waals surface area contributed by atoms with E-state index >= 15 is 0 Å². The number of fused-ring (bicyclic) bond motifs is 9. The highest BCUT2D eigenvalue weighted by molar-refractivity contribution is 6.08. The molecule has 3 aromatic heterocycles. The highest BCUT2D eigenvalue weighted by Gasteiger charge is 2.23. The molecule has 4 heterocycles. The van der Waals surface area contributed by atoms with Gasteiger partial charge in [0, 0.05) is 61.3 Å². The summed E-state index contributed by atoms with van der Waals surface area (Å²) in [4.78, 5) is 10.6.